The lowest BCUT2D eigenvalue weighted by Crippen LogP contribution is -2.01. The van der Waals surface area contributed by atoms with Crippen molar-refractivity contribution in [2.45, 2.75) is 6.92 Å². The lowest BCUT2D eigenvalue weighted by atomic mass is 10.1. The highest BCUT2D eigenvalue weighted by Crippen LogP contribution is 2.22. The molecule has 1 N–H and O–H groups in total. The Balaban J connectivity index is 1.98. The first-order chi connectivity index (χ1) is 10.2. The van der Waals surface area contributed by atoms with Gasteiger partial charge in [0.15, 0.2) is 17.0 Å². The number of fused-ring (bicyclic) bond motifs is 2. The van der Waals surface area contributed by atoms with Crippen LogP contribution in [0.15, 0.2) is 57.7 Å². The maximum atomic E-state index is 12.2. The SMILES string of the molecule is Cc1ccc2oc(-c3nc4ccccc4[nH]3)cc(=O)c2c1. The molecule has 0 aliphatic heterocycles. The van der Waals surface area contributed by atoms with E-state index in [1.54, 1.807) is 0 Å². The van der Waals surface area contributed by atoms with Crippen LogP contribution in [0.25, 0.3) is 33.6 Å². The maximum Gasteiger partial charge on any atom is 0.193 e. The van der Waals surface area contributed by atoms with Crippen LogP contribution < -0.4 is 5.43 Å². The standard InChI is InChI=1S/C17H12N2O2/c1-10-6-7-15-11(8-10)14(20)9-16(21-15)17-18-12-4-2-3-5-13(12)19-17/h2-9H,1H3,(H,18,19). The van der Waals surface area contributed by atoms with Crippen LogP contribution in [0.1, 0.15) is 5.56 Å². The molecule has 0 saturated heterocycles. The molecule has 2 aromatic carbocycles. The summed E-state index contributed by atoms with van der Waals surface area (Å²) in [6.45, 7) is 1.95. The van der Waals surface area contributed by atoms with E-state index in [1.165, 1.54) is 6.07 Å². The molecule has 4 heteroatoms. The van der Waals surface area contributed by atoms with Crippen LogP contribution in [0.5, 0.6) is 0 Å². The van der Waals surface area contributed by atoms with Crippen molar-refractivity contribution in [3.63, 3.8) is 0 Å². The van der Waals surface area contributed by atoms with Gasteiger partial charge in [-0.3, -0.25) is 4.79 Å². The van der Waals surface area contributed by atoms with Gasteiger partial charge in [-0.2, -0.15) is 0 Å². The Labute approximate surface area is 120 Å². The molecule has 4 nitrogen and oxygen atoms in total. The quantitative estimate of drug-likeness (QED) is 0.577. The van der Waals surface area contributed by atoms with Crippen LogP contribution in [0, 0.1) is 6.92 Å². The predicted molar refractivity (Wildman–Crippen MR) is 82.3 cm³/mol. The number of aromatic amines is 1. The third-order valence-corrected chi connectivity index (χ3v) is 3.51. The van der Waals surface area contributed by atoms with Crippen molar-refractivity contribution in [3.05, 3.63) is 64.3 Å². The average Bonchev–Trinajstić information content (AvgIpc) is 2.92. The second-order valence-electron chi connectivity index (χ2n) is 5.08. The fraction of sp³-hybridized carbons (Fsp3) is 0.0588. The van der Waals surface area contributed by atoms with Crippen LogP contribution in [0.2, 0.25) is 0 Å². The molecule has 0 radical (unpaired) electrons. The fourth-order valence-corrected chi connectivity index (χ4v) is 2.46. The molecular weight excluding hydrogens is 264 g/mol. The van der Waals surface area contributed by atoms with E-state index in [4.69, 9.17) is 4.42 Å². The van der Waals surface area contributed by atoms with Gasteiger partial charge < -0.3 is 9.40 Å². The van der Waals surface area contributed by atoms with Crippen molar-refractivity contribution < 1.29 is 4.42 Å². The van der Waals surface area contributed by atoms with Gasteiger partial charge in [-0.1, -0.05) is 23.8 Å². The Morgan fingerprint density at radius 2 is 1.95 bits per heavy atom. The number of nitrogens with zero attached hydrogens (tertiary/aromatic N) is 1. The first kappa shape index (κ1) is 11.9. The van der Waals surface area contributed by atoms with E-state index in [0.717, 1.165) is 16.6 Å². The molecule has 0 atom stereocenters. The van der Waals surface area contributed by atoms with Gasteiger partial charge >= 0.3 is 0 Å². The molecule has 4 rings (SSSR count). The summed E-state index contributed by atoms with van der Waals surface area (Å²) in [5, 5.41) is 0.592. The minimum absolute atomic E-state index is 0.0598. The molecule has 0 aliphatic carbocycles. The van der Waals surface area contributed by atoms with Crippen molar-refractivity contribution >= 4 is 22.0 Å². The van der Waals surface area contributed by atoms with Gasteiger partial charge in [0.05, 0.1) is 16.4 Å². The Morgan fingerprint density at radius 3 is 2.81 bits per heavy atom. The number of para-hydroxylation sites is 2. The smallest absolute Gasteiger partial charge is 0.193 e. The molecular formula is C17H12N2O2. The number of rotatable bonds is 1. The summed E-state index contributed by atoms with van der Waals surface area (Å²) in [5.74, 6) is 1.02. The summed E-state index contributed by atoms with van der Waals surface area (Å²) in [7, 11) is 0. The maximum absolute atomic E-state index is 12.2. The van der Waals surface area contributed by atoms with E-state index in [1.807, 2.05) is 49.4 Å². The largest absolute Gasteiger partial charge is 0.453 e. The van der Waals surface area contributed by atoms with Crippen LogP contribution in [-0.4, -0.2) is 9.97 Å². The molecule has 0 bridgehead atoms. The normalized spacial score (nSPS) is 11.3. The minimum atomic E-state index is -0.0598. The van der Waals surface area contributed by atoms with E-state index < -0.39 is 0 Å². The Hall–Kier alpha value is -2.88. The Bertz CT molecular complexity index is 995. The number of H-pyrrole nitrogens is 1. The van der Waals surface area contributed by atoms with Crippen molar-refractivity contribution in [1.82, 2.24) is 9.97 Å². The number of aryl methyl sites for hydroxylation is 1. The van der Waals surface area contributed by atoms with Crippen LogP contribution in [-0.2, 0) is 0 Å². The number of nitrogens with one attached hydrogen (secondary N) is 1. The Morgan fingerprint density at radius 1 is 1.10 bits per heavy atom. The third-order valence-electron chi connectivity index (χ3n) is 3.51. The van der Waals surface area contributed by atoms with Gasteiger partial charge in [0, 0.05) is 6.07 Å². The molecule has 4 aromatic rings. The van der Waals surface area contributed by atoms with E-state index in [9.17, 15) is 4.79 Å². The molecule has 0 amide bonds. The van der Waals surface area contributed by atoms with Gasteiger partial charge in [-0.25, -0.2) is 4.98 Å². The number of benzene rings is 2. The minimum Gasteiger partial charge on any atom is -0.453 e. The van der Waals surface area contributed by atoms with Gasteiger partial charge in [0.1, 0.15) is 5.58 Å². The predicted octanol–water partition coefficient (Wildman–Crippen LogP) is 3.64. The zero-order chi connectivity index (χ0) is 14.4. The highest BCUT2D eigenvalue weighted by Gasteiger charge is 2.10. The summed E-state index contributed by atoms with van der Waals surface area (Å²) in [5.41, 5.74) is 3.31. The van der Waals surface area contributed by atoms with E-state index >= 15 is 0 Å². The van der Waals surface area contributed by atoms with Gasteiger partial charge in [0.2, 0.25) is 0 Å². The molecule has 0 saturated carbocycles. The monoisotopic (exact) mass is 276 g/mol. The highest BCUT2D eigenvalue weighted by molar-refractivity contribution is 5.81. The first-order valence-corrected chi connectivity index (χ1v) is 6.70. The number of hydrogen-bond donors (Lipinski definition) is 1. The molecule has 0 fully saturated rings. The third kappa shape index (κ3) is 1.92. The van der Waals surface area contributed by atoms with Crippen molar-refractivity contribution in [1.29, 1.82) is 0 Å². The molecule has 0 spiro atoms. The van der Waals surface area contributed by atoms with Crippen LogP contribution in [0.4, 0.5) is 0 Å². The highest BCUT2D eigenvalue weighted by atomic mass is 16.3. The van der Waals surface area contributed by atoms with Crippen molar-refractivity contribution in [3.8, 4) is 11.6 Å². The van der Waals surface area contributed by atoms with Crippen LogP contribution >= 0.6 is 0 Å². The van der Waals surface area contributed by atoms with Crippen molar-refractivity contribution in [2.75, 3.05) is 0 Å². The number of hydrogen-bond acceptors (Lipinski definition) is 3. The lowest BCUT2D eigenvalue weighted by molar-refractivity contribution is 0.614. The summed E-state index contributed by atoms with van der Waals surface area (Å²) in [4.78, 5) is 19.9. The zero-order valence-electron chi connectivity index (χ0n) is 11.4. The summed E-state index contributed by atoms with van der Waals surface area (Å²) >= 11 is 0. The molecule has 0 aliphatic rings. The van der Waals surface area contributed by atoms with Crippen LogP contribution in [0.3, 0.4) is 0 Å². The molecule has 102 valence electrons. The van der Waals surface area contributed by atoms with Crippen molar-refractivity contribution in [2.24, 2.45) is 0 Å². The van der Waals surface area contributed by atoms with E-state index in [2.05, 4.69) is 9.97 Å². The molecule has 2 aromatic heterocycles. The Kier molecular flexibility index (Phi) is 2.44. The second kappa shape index (κ2) is 4.31. The summed E-state index contributed by atoms with van der Waals surface area (Å²) in [6, 6.07) is 14.8. The van der Waals surface area contributed by atoms with E-state index in [0.29, 0.717) is 22.6 Å². The molecule has 2 heterocycles. The zero-order valence-corrected chi connectivity index (χ0v) is 11.4. The average molecular weight is 276 g/mol. The molecule has 21 heavy (non-hydrogen) atoms. The van der Waals surface area contributed by atoms with E-state index in [-0.39, 0.29) is 5.43 Å². The molecule has 0 unspecified atom stereocenters. The first-order valence-electron chi connectivity index (χ1n) is 6.70. The number of imidazole rings is 1. The lowest BCUT2D eigenvalue weighted by Gasteiger charge is -2.01. The van der Waals surface area contributed by atoms with Gasteiger partial charge in [-0.05, 0) is 31.2 Å². The number of aromatic nitrogens is 2. The topological polar surface area (TPSA) is 58.9 Å². The summed E-state index contributed by atoms with van der Waals surface area (Å²) < 4.78 is 5.82. The second-order valence-corrected chi connectivity index (χ2v) is 5.08. The van der Waals surface area contributed by atoms with Gasteiger partial charge in [-0.15, -0.1) is 0 Å². The summed E-state index contributed by atoms with van der Waals surface area (Å²) in [6.07, 6.45) is 0. The van der Waals surface area contributed by atoms with Gasteiger partial charge in [0.25, 0.3) is 0 Å². The fourth-order valence-electron chi connectivity index (χ4n) is 2.46.